The van der Waals surface area contributed by atoms with Crippen LogP contribution in [0.1, 0.15) is 324 Å². The Bertz CT molecular complexity index is 1970. The lowest BCUT2D eigenvalue weighted by Crippen LogP contribution is -2.63. The molecule has 0 bridgehead atoms. The van der Waals surface area contributed by atoms with E-state index < -0.39 is 11.3 Å². The first kappa shape index (κ1) is 112. The molecule has 10 aliphatic rings. The fourth-order valence-electron chi connectivity index (χ4n) is 13.4. The second kappa shape index (κ2) is 47.7. The zero-order valence-electron chi connectivity index (χ0n) is 73.2. The van der Waals surface area contributed by atoms with E-state index in [4.69, 9.17) is 9.94 Å². The number of nitrogens with zero attached hydrogens (tertiary/aromatic N) is 12. The molecule has 0 aliphatic carbocycles. The van der Waals surface area contributed by atoms with Gasteiger partial charge in [-0.25, -0.2) is 8.78 Å². The Hall–Kier alpha value is -0.700. The molecule has 1 N–H and O–H groups in total. The van der Waals surface area contributed by atoms with Crippen LogP contribution in [-0.2, 0) is 4.74 Å². The highest BCUT2D eigenvalue weighted by Crippen LogP contribution is 2.32. The maximum absolute atomic E-state index is 13.4. The largest absolute Gasteiger partial charge is 0.379 e. The highest BCUT2D eigenvalue weighted by Gasteiger charge is 2.44. The van der Waals surface area contributed by atoms with Gasteiger partial charge in [-0.15, -0.1) is 0 Å². The SMILES string of the molecule is C.C.C.C.C.CC(C)(C)N1CCC1.CC(C)(C)N1CCCC1.CC(C)(C)N1CCCCC1.CC(C)(C)N1CCN(O)CC1.CC(C)(C)N1CCOCC1.CC1(F)CCN(C(C)(C)C)CC1.CC1(F)CN(C(C)(C)C)C1.CC1CN(C(C)(C)C)C1.CC1CN(C(C)(C)C)C1.CN1CCN(C(C)(C)C)CC1. The smallest absolute Gasteiger partial charge is 0.133 e. The first-order chi connectivity index (χ1) is 44.5. The van der Waals surface area contributed by atoms with E-state index in [1.165, 1.54) is 135 Å². The number of piperidine rings is 2. The molecule has 10 rings (SSSR count). The average Bonchev–Trinajstić information content (AvgIpc) is 0.933. The van der Waals surface area contributed by atoms with Crippen LogP contribution in [0.15, 0.2) is 0 Å². The van der Waals surface area contributed by atoms with Gasteiger partial charge in [0.05, 0.1) is 13.2 Å². The lowest BCUT2D eigenvalue weighted by Gasteiger charge is -2.49. The number of alkyl halides is 2. The number of ether oxygens (including phenoxy) is 1. The summed E-state index contributed by atoms with van der Waals surface area (Å²) >= 11 is 0. The quantitative estimate of drug-likeness (QED) is 0.250. The Morgan fingerprint density at radius 2 is 0.500 bits per heavy atom. The summed E-state index contributed by atoms with van der Waals surface area (Å²) < 4.78 is 31.6. The third-order valence-electron chi connectivity index (χ3n) is 21.6. The Morgan fingerprint density at radius 3 is 0.692 bits per heavy atom. The van der Waals surface area contributed by atoms with Crippen molar-refractivity contribution in [2.24, 2.45) is 11.8 Å². The third-order valence-corrected chi connectivity index (χ3v) is 21.6. The molecule has 0 saturated carbocycles. The van der Waals surface area contributed by atoms with Gasteiger partial charge in [-0.2, -0.15) is 5.06 Å². The van der Waals surface area contributed by atoms with Crippen LogP contribution in [0.2, 0.25) is 0 Å². The lowest BCUT2D eigenvalue weighted by atomic mass is 9.92. The van der Waals surface area contributed by atoms with Crippen LogP contribution in [-0.4, -0.2) is 308 Å². The number of hydrogen-bond donors (Lipinski definition) is 1. The number of likely N-dealkylation sites (N-methyl/N-ethyl adjacent to an activating group) is 1. The molecule has 0 amide bonds. The van der Waals surface area contributed by atoms with Crippen LogP contribution >= 0.6 is 0 Å². The van der Waals surface area contributed by atoms with Gasteiger partial charge in [0.25, 0.3) is 0 Å². The van der Waals surface area contributed by atoms with E-state index in [1.807, 2.05) is 0 Å². The van der Waals surface area contributed by atoms with Gasteiger partial charge in [-0.1, -0.05) is 57.4 Å². The molecule has 0 unspecified atom stereocenters. The zero-order valence-corrected chi connectivity index (χ0v) is 73.2. The van der Waals surface area contributed by atoms with E-state index >= 15 is 0 Å². The van der Waals surface area contributed by atoms with Gasteiger partial charge in [-0.05, 0) is 325 Å². The van der Waals surface area contributed by atoms with E-state index in [-0.39, 0.29) is 53.8 Å². The second-order valence-corrected chi connectivity index (χ2v) is 41.8. The summed E-state index contributed by atoms with van der Waals surface area (Å²) in [6.07, 6.45) is 9.81. The van der Waals surface area contributed by atoms with Crippen molar-refractivity contribution in [1.82, 2.24) is 59.0 Å². The summed E-state index contributed by atoms with van der Waals surface area (Å²) in [5, 5.41) is 10.5. The molecule has 0 atom stereocenters. The van der Waals surface area contributed by atoms with Crippen LogP contribution in [0.3, 0.4) is 0 Å². The molecule has 10 saturated heterocycles. The van der Waals surface area contributed by atoms with E-state index in [0.717, 1.165) is 77.4 Å². The Kier molecular flexibility index (Phi) is 51.3. The van der Waals surface area contributed by atoms with Crippen LogP contribution in [0.25, 0.3) is 0 Å². The summed E-state index contributed by atoms with van der Waals surface area (Å²) in [6, 6.07) is 0. The number of hydroxylamine groups is 2. The molecule has 634 valence electrons. The molecule has 10 aliphatic heterocycles. The first-order valence-electron chi connectivity index (χ1n) is 40.1. The van der Waals surface area contributed by atoms with E-state index in [0.29, 0.717) is 64.7 Å². The van der Waals surface area contributed by atoms with Crippen molar-refractivity contribution in [2.75, 3.05) is 177 Å². The molecular formula is C88H196F2N12O2. The van der Waals surface area contributed by atoms with Crippen LogP contribution < -0.4 is 0 Å². The predicted molar refractivity (Wildman–Crippen MR) is 463 cm³/mol. The molecule has 0 aromatic rings. The average molecular weight is 1490 g/mol. The van der Waals surface area contributed by atoms with Crippen molar-refractivity contribution < 1.29 is 18.7 Å². The van der Waals surface area contributed by atoms with Crippen LogP contribution in [0.5, 0.6) is 0 Å². The molecule has 0 aromatic heterocycles. The number of hydrogen-bond acceptors (Lipinski definition) is 14. The summed E-state index contributed by atoms with van der Waals surface area (Å²) in [4.78, 5) is 26.9. The van der Waals surface area contributed by atoms with Crippen molar-refractivity contribution in [3.63, 3.8) is 0 Å². The Balaban J connectivity index is -0.000000348. The van der Waals surface area contributed by atoms with Crippen molar-refractivity contribution in [3.05, 3.63) is 0 Å². The Morgan fingerprint density at radius 1 is 0.279 bits per heavy atom. The summed E-state index contributed by atoms with van der Waals surface area (Å²) in [7, 11) is 2.19. The molecule has 16 heteroatoms. The topological polar surface area (TPSA) is 68.3 Å². The maximum Gasteiger partial charge on any atom is 0.133 e. The molecule has 10 fully saturated rings. The molecule has 14 nitrogen and oxygen atoms in total. The summed E-state index contributed by atoms with van der Waals surface area (Å²) in [5.41, 5.74) is 1.51. The number of morpholine rings is 1. The fraction of sp³-hybridized carbons (Fsp3) is 1.00. The Labute approximate surface area is 654 Å². The van der Waals surface area contributed by atoms with Crippen molar-refractivity contribution in [2.45, 2.75) is 391 Å². The number of likely N-dealkylation sites (tertiary alicyclic amines) is 7. The van der Waals surface area contributed by atoms with E-state index in [9.17, 15) is 8.78 Å². The number of rotatable bonds is 0. The van der Waals surface area contributed by atoms with Crippen LogP contribution in [0, 0.1) is 11.8 Å². The summed E-state index contributed by atoms with van der Waals surface area (Å²) in [5.74, 6) is 1.87. The summed E-state index contributed by atoms with van der Waals surface area (Å²) in [6.45, 7) is 104. The van der Waals surface area contributed by atoms with Gasteiger partial charge in [0.1, 0.15) is 11.3 Å². The molecule has 10 heterocycles. The molecular weight excluding hydrogens is 1300 g/mol. The van der Waals surface area contributed by atoms with Gasteiger partial charge in [0, 0.05) is 173 Å². The highest BCUT2D eigenvalue weighted by molar-refractivity contribution is 4.98. The number of halogens is 2. The van der Waals surface area contributed by atoms with Gasteiger partial charge < -0.3 is 14.8 Å². The molecule has 0 spiro atoms. The standard InChI is InChI=1S/C10H20FN.C9H20N2.C9H19N.C8H16FN.C8H18N2O.C8H17NO.3C8H17N.C7H15N.5CH4/c1-9(2,3)12-7-5-10(4,11)6-8-12;1-9(2,3)11-7-5-10(4)6-8-11;1-9(2,3)10-7-5-4-6-8-10;1-7(2,3)10-5-8(4,9)6-10;1-8(2,3)9-4-6-10(11)7-5-9;1-8(2,3)9-4-6-10-7-5-9;2*1-7-5-9(6-7)8(2,3)4;1-8(2,3)9-6-4-5-7-9;1-7(2,3)8-5-4-6-8;;;;;/h5-8H2,1-4H3;5-8H2,1-4H3;4-8H2,1-3H3;5-6H2,1-4H3;11H,4-7H2,1-3H3;4-7H2,1-3H3;2*7H,5-6H2,1-4H3;4-7H2,1-3H3;4-6H2,1-3H3;5*1H4. The van der Waals surface area contributed by atoms with Crippen LogP contribution in [0.4, 0.5) is 8.78 Å². The van der Waals surface area contributed by atoms with E-state index in [1.54, 1.807) is 13.8 Å². The second-order valence-electron chi connectivity index (χ2n) is 41.8. The highest BCUT2D eigenvalue weighted by atomic mass is 19.1. The normalized spacial score (nSPS) is 22.9. The van der Waals surface area contributed by atoms with Gasteiger partial charge >= 0.3 is 0 Å². The van der Waals surface area contributed by atoms with Gasteiger partial charge in [0.15, 0.2) is 0 Å². The number of piperazine rings is 2. The monoisotopic (exact) mass is 1490 g/mol. The maximum atomic E-state index is 13.4. The van der Waals surface area contributed by atoms with Gasteiger partial charge in [-0.3, -0.25) is 49.0 Å². The minimum absolute atomic E-state index is 0. The molecule has 0 aromatic carbocycles. The van der Waals surface area contributed by atoms with E-state index in [2.05, 4.69) is 283 Å². The van der Waals surface area contributed by atoms with Crippen molar-refractivity contribution in [3.8, 4) is 0 Å². The third kappa shape index (κ3) is 47.6. The van der Waals surface area contributed by atoms with Crippen molar-refractivity contribution in [1.29, 1.82) is 0 Å². The minimum Gasteiger partial charge on any atom is -0.379 e. The zero-order chi connectivity index (χ0) is 76.8. The van der Waals surface area contributed by atoms with Gasteiger partial charge in [0.2, 0.25) is 0 Å². The van der Waals surface area contributed by atoms with Crippen molar-refractivity contribution >= 4 is 0 Å². The molecule has 0 radical (unpaired) electrons. The predicted octanol–water partition coefficient (Wildman–Crippen LogP) is 19.7. The lowest BCUT2D eigenvalue weighted by molar-refractivity contribution is -0.127. The molecule has 104 heavy (non-hydrogen) atoms. The fourth-order valence-corrected chi connectivity index (χ4v) is 13.4. The minimum atomic E-state index is -0.923. The first-order valence-corrected chi connectivity index (χ1v) is 40.1.